The molecular formula is C13H9N3OSe. The average molecular weight is 302 g/mol. The summed E-state index contributed by atoms with van der Waals surface area (Å²) in [6, 6.07) is 16.4. The standard InChI is InChI=1S/C13H9N3OSe/c14-16-15-12-9-5-4-8-11(12)13(17)18-10-6-2-1-3-7-10/h1-9H. The van der Waals surface area contributed by atoms with Gasteiger partial charge >= 0.3 is 110 Å². The van der Waals surface area contributed by atoms with Crippen molar-refractivity contribution >= 4 is 29.8 Å². The van der Waals surface area contributed by atoms with Crippen LogP contribution in [0.5, 0.6) is 0 Å². The van der Waals surface area contributed by atoms with Crippen molar-refractivity contribution in [1.29, 1.82) is 0 Å². The van der Waals surface area contributed by atoms with Gasteiger partial charge in [0.2, 0.25) is 0 Å². The molecule has 0 aliphatic heterocycles. The van der Waals surface area contributed by atoms with Crippen LogP contribution in [0, 0.1) is 0 Å². The van der Waals surface area contributed by atoms with E-state index in [2.05, 4.69) is 10.0 Å². The van der Waals surface area contributed by atoms with Crippen LogP contribution in [0.2, 0.25) is 0 Å². The molecule has 0 saturated heterocycles. The molecule has 2 aromatic rings. The number of azide groups is 1. The molecule has 2 rings (SSSR count). The Hall–Kier alpha value is -2.06. The van der Waals surface area contributed by atoms with Gasteiger partial charge in [0.25, 0.3) is 0 Å². The average Bonchev–Trinajstić information content (AvgIpc) is 2.41. The molecule has 0 amide bonds. The van der Waals surface area contributed by atoms with Gasteiger partial charge < -0.3 is 0 Å². The summed E-state index contributed by atoms with van der Waals surface area (Å²) in [6.07, 6.45) is 0. The van der Waals surface area contributed by atoms with Gasteiger partial charge in [0.05, 0.1) is 0 Å². The number of benzene rings is 2. The van der Waals surface area contributed by atoms with Crippen molar-refractivity contribution < 1.29 is 4.79 Å². The van der Waals surface area contributed by atoms with Crippen LogP contribution < -0.4 is 4.46 Å². The fraction of sp³-hybridized carbons (Fsp3) is 0. The molecule has 0 aliphatic rings. The Morgan fingerprint density at radius 3 is 2.44 bits per heavy atom. The molecule has 0 spiro atoms. The number of carbonyl (C=O) groups excluding carboxylic acids is 1. The Morgan fingerprint density at radius 2 is 1.72 bits per heavy atom. The molecule has 0 bridgehead atoms. The van der Waals surface area contributed by atoms with Crippen LogP contribution in [-0.2, 0) is 0 Å². The Balaban J connectivity index is 2.27. The first-order valence-electron chi connectivity index (χ1n) is 5.22. The minimum absolute atomic E-state index is 0.0108. The second kappa shape index (κ2) is 6.03. The van der Waals surface area contributed by atoms with Crippen LogP contribution in [0.3, 0.4) is 0 Å². The predicted molar refractivity (Wildman–Crippen MR) is 71.4 cm³/mol. The Kier molecular flexibility index (Phi) is 4.15. The number of rotatable bonds is 4. The molecule has 2 aromatic carbocycles. The van der Waals surface area contributed by atoms with E-state index >= 15 is 0 Å². The van der Waals surface area contributed by atoms with Gasteiger partial charge in [-0.2, -0.15) is 0 Å². The third-order valence-electron chi connectivity index (χ3n) is 2.23. The molecule has 0 N–H and O–H groups in total. The van der Waals surface area contributed by atoms with E-state index in [9.17, 15) is 4.79 Å². The molecule has 0 atom stereocenters. The van der Waals surface area contributed by atoms with Gasteiger partial charge in [-0.15, -0.1) is 0 Å². The molecule has 0 aliphatic carbocycles. The molecule has 4 nitrogen and oxygen atoms in total. The van der Waals surface area contributed by atoms with E-state index in [1.54, 1.807) is 24.3 Å². The van der Waals surface area contributed by atoms with Crippen molar-refractivity contribution in [3.05, 3.63) is 70.6 Å². The van der Waals surface area contributed by atoms with E-state index in [0.717, 1.165) is 4.46 Å². The fourth-order valence-corrected chi connectivity index (χ4v) is 3.09. The van der Waals surface area contributed by atoms with E-state index in [4.69, 9.17) is 5.53 Å². The Morgan fingerprint density at radius 1 is 1.06 bits per heavy atom. The van der Waals surface area contributed by atoms with Gasteiger partial charge in [0, 0.05) is 0 Å². The molecule has 0 fully saturated rings. The van der Waals surface area contributed by atoms with Crippen molar-refractivity contribution in [3.8, 4) is 0 Å². The number of hydrogen-bond acceptors (Lipinski definition) is 2. The Bertz CT molecular complexity index is 607. The third-order valence-corrected chi connectivity index (χ3v) is 4.15. The summed E-state index contributed by atoms with van der Waals surface area (Å²) < 4.78 is 1.02. The normalized spacial score (nSPS) is 9.56. The van der Waals surface area contributed by atoms with Crippen molar-refractivity contribution in [2.75, 3.05) is 0 Å². The fourth-order valence-electron chi connectivity index (χ4n) is 1.43. The molecule has 0 unspecified atom stereocenters. The maximum atomic E-state index is 12.2. The first-order chi connectivity index (χ1) is 8.81. The second-order valence-electron chi connectivity index (χ2n) is 3.41. The van der Waals surface area contributed by atoms with Crippen molar-refractivity contribution in [3.63, 3.8) is 0 Å². The molecular weight excluding hydrogens is 293 g/mol. The molecule has 0 heterocycles. The topological polar surface area (TPSA) is 65.8 Å². The van der Waals surface area contributed by atoms with Crippen LogP contribution in [0.25, 0.3) is 10.4 Å². The zero-order valence-electron chi connectivity index (χ0n) is 9.35. The number of hydrogen-bond donors (Lipinski definition) is 0. The van der Waals surface area contributed by atoms with Crippen LogP contribution >= 0.6 is 0 Å². The van der Waals surface area contributed by atoms with E-state index in [1.165, 1.54) is 0 Å². The first-order valence-corrected chi connectivity index (χ1v) is 6.94. The first kappa shape index (κ1) is 12.4. The van der Waals surface area contributed by atoms with Gasteiger partial charge in [-0.1, -0.05) is 0 Å². The summed E-state index contributed by atoms with van der Waals surface area (Å²) in [6.45, 7) is 0. The monoisotopic (exact) mass is 303 g/mol. The number of nitrogens with zero attached hydrogens (tertiary/aromatic N) is 3. The molecule has 0 aromatic heterocycles. The van der Waals surface area contributed by atoms with Gasteiger partial charge in [0.15, 0.2) is 0 Å². The van der Waals surface area contributed by atoms with Crippen LogP contribution in [0.4, 0.5) is 5.69 Å². The van der Waals surface area contributed by atoms with Gasteiger partial charge in [0.1, 0.15) is 0 Å². The quantitative estimate of drug-likeness (QED) is 0.370. The molecule has 0 saturated carbocycles. The zero-order chi connectivity index (χ0) is 12.8. The summed E-state index contributed by atoms with van der Waals surface area (Å²) in [5.74, 6) is 0. The van der Waals surface area contributed by atoms with E-state index in [0.29, 0.717) is 11.3 Å². The van der Waals surface area contributed by atoms with Gasteiger partial charge in [-0.3, -0.25) is 0 Å². The van der Waals surface area contributed by atoms with E-state index < -0.39 is 0 Å². The molecule has 5 heteroatoms. The van der Waals surface area contributed by atoms with E-state index in [1.807, 2.05) is 30.3 Å². The summed E-state index contributed by atoms with van der Waals surface area (Å²) >= 11 is -0.303. The summed E-state index contributed by atoms with van der Waals surface area (Å²) in [4.78, 5) is 14.9. The molecule has 18 heavy (non-hydrogen) atoms. The van der Waals surface area contributed by atoms with Crippen LogP contribution in [0.15, 0.2) is 59.7 Å². The van der Waals surface area contributed by atoms with Crippen molar-refractivity contribution in [2.24, 2.45) is 5.11 Å². The van der Waals surface area contributed by atoms with E-state index in [-0.39, 0.29) is 19.6 Å². The zero-order valence-corrected chi connectivity index (χ0v) is 11.1. The number of carbonyl (C=O) groups is 1. The van der Waals surface area contributed by atoms with Gasteiger partial charge in [-0.25, -0.2) is 0 Å². The van der Waals surface area contributed by atoms with Crippen molar-refractivity contribution in [1.82, 2.24) is 0 Å². The summed E-state index contributed by atoms with van der Waals surface area (Å²) in [5.41, 5.74) is 9.34. The van der Waals surface area contributed by atoms with Crippen LogP contribution in [-0.4, -0.2) is 19.6 Å². The van der Waals surface area contributed by atoms with Crippen LogP contribution in [0.1, 0.15) is 10.4 Å². The molecule has 88 valence electrons. The summed E-state index contributed by atoms with van der Waals surface area (Å²) in [7, 11) is 0. The second-order valence-corrected chi connectivity index (χ2v) is 5.60. The van der Waals surface area contributed by atoms with Crippen molar-refractivity contribution in [2.45, 2.75) is 0 Å². The summed E-state index contributed by atoms with van der Waals surface area (Å²) in [5, 5.41) is 3.54. The maximum absolute atomic E-state index is 12.2. The third kappa shape index (κ3) is 2.99. The minimum atomic E-state index is -0.303. The predicted octanol–water partition coefficient (Wildman–Crippen LogP) is 2.80. The Labute approximate surface area is 110 Å². The van der Waals surface area contributed by atoms with Gasteiger partial charge in [-0.05, 0) is 0 Å². The SMILES string of the molecule is [N-]=[N+]=Nc1ccccc1C(=O)[Se]c1ccccc1. The molecule has 0 radical (unpaired) electrons.